The number of nitrogens with zero attached hydrogens (tertiary/aromatic N) is 3. The molecular weight excluding hydrogens is 174 g/mol. The van der Waals surface area contributed by atoms with Gasteiger partial charge in [0.05, 0.1) is 11.9 Å². The van der Waals surface area contributed by atoms with Gasteiger partial charge in [-0.1, -0.05) is 32.4 Å². The molecule has 0 atom stereocenters. The van der Waals surface area contributed by atoms with E-state index in [0.29, 0.717) is 0 Å². The van der Waals surface area contributed by atoms with Gasteiger partial charge in [-0.05, 0) is 25.2 Å². The Morgan fingerprint density at radius 3 is 2.86 bits per heavy atom. The van der Waals surface area contributed by atoms with E-state index >= 15 is 0 Å². The molecule has 0 saturated carbocycles. The third kappa shape index (κ3) is 3.48. The van der Waals surface area contributed by atoms with Crippen LogP contribution < -0.4 is 0 Å². The van der Waals surface area contributed by atoms with Crippen molar-refractivity contribution < 1.29 is 0 Å². The summed E-state index contributed by atoms with van der Waals surface area (Å²) in [4.78, 5) is 0. The number of aromatic nitrogens is 3. The average molecular weight is 195 g/mol. The molecule has 0 aliphatic carbocycles. The Balaban J connectivity index is 2.37. The van der Waals surface area contributed by atoms with Crippen LogP contribution in [0.2, 0.25) is 0 Å². The Morgan fingerprint density at radius 1 is 1.43 bits per heavy atom. The Kier molecular flexibility index (Phi) is 4.63. The molecule has 1 heterocycles. The van der Waals surface area contributed by atoms with E-state index in [2.05, 4.69) is 31.1 Å². The van der Waals surface area contributed by atoms with Gasteiger partial charge in [0, 0.05) is 6.54 Å². The summed E-state index contributed by atoms with van der Waals surface area (Å²) in [6, 6.07) is 0. The molecule has 1 rings (SSSR count). The standard InChI is InChI=1S/C11H21N3/c1-4-8-14-11(9-12-13-14)7-5-6-10(2)3/h9-10H,4-8H2,1-3H3. The van der Waals surface area contributed by atoms with Crippen molar-refractivity contribution in [1.29, 1.82) is 0 Å². The summed E-state index contributed by atoms with van der Waals surface area (Å²) in [5, 5.41) is 8.02. The zero-order chi connectivity index (χ0) is 10.4. The van der Waals surface area contributed by atoms with E-state index in [9.17, 15) is 0 Å². The van der Waals surface area contributed by atoms with Gasteiger partial charge in [0.15, 0.2) is 0 Å². The molecule has 0 aromatic carbocycles. The largest absolute Gasteiger partial charge is 0.249 e. The number of rotatable bonds is 6. The SMILES string of the molecule is CCCn1nncc1CCCC(C)C. The predicted molar refractivity (Wildman–Crippen MR) is 58.1 cm³/mol. The second-order valence-corrected chi connectivity index (χ2v) is 4.23. The number of hydrogen-bond donors (Lipinski definition) is 0. The molecule has 0 unspecified atom stereocenters. The fourth-order valence-corrected chi connectivity index (χ4v) is 1.56. The van der Waals surface area contributed by atoms with E-state index in [1.54, 1.807) is 0 Å². The van der Waals surface area contributed by atoms with Crippen molar-refractivity contribution in [1.82, 2.24) is 15.0 Å². The molecular formula is C11H21N3. The molecule has 3 nitrogen and oxygen atoms in total. The van der Waals surface area contributed by atoms with Gasteiger partial charge in [0.25, 0.3) is 0 Å². The van der Waals surface area contributed by atoms with Gasteiger partial charge >= 0.3 is 0 Å². The van der Waals surface area contributed by atoms with Gasteiger partial charge in [-0.25, -0.2) is 4.68 Å². The fraction of sp³-hybridized carbons (Fsp3) is 0.818. The summed E-state index contributed by atoms with van der Waals surface area (Å²) >= 11 is 0. The van der Waals surface area contributed by atoms with Crippen LogP contribution >= 0.6 is 0 Å². The van der Waals surface area contributed by atoms with Gasteiger partial charge in [-0.3, -0.25) is 0 Å². The Bertz CT molecular complexity index is 253. The van der Waals surface area contributed by atoms with Crippen LogP contribution in [-0.4, -0.2) is 15.0 Å². The molecule has 0 bridgehead atoms. The van der Waals surface area contributed by atoms with Crippen molar-refractivity contribution in [2.24, 2.45) is 5.92 Å². The Labute approximate surface area is 86.5 Å². The predicted octanol–water partition coefficient (Wildman–Crippen LogP) is 2.67. The van der Waals surface area contributed by atoms with Gasteiger partial charge in [0.2, 0.25) is 0 Å². The average Bonchev–Trinajstić information content (AvgIpc) is 2.53. The normalized spacial score (nSPS) is 11.1. The van der Waals surface area contributed by atoms with Crippen LogP contribution in [0.4, 0.5) is 0 Å². The maximum Gasteiger partial charge on any atom is 0.0725 e. The van der Waals surface area contributed by atoms with E-state index in [4.69, 9.17) is 0 Å². The first-order chi connectivity index (χ1) is 6.74. The molecule has 0 aliphatic rings. The minimum absolute atomic E-state index is 0.797. The van der Waals surface area contributed by atoms with Crippen LogP contribution in [-0.2, 0) is 13.0 Å². The first kappa shape index (κ1) is 11.2. The highest BCUT2D eigenvalue weighted by Crippen LogP contribution is 2.09. The van der Waals surface area contributed by atoms with Crippen LogP contribution in [0, 0.1) is 5.92 Å². The lowest BCUT2D eigenvalue weighted by molar-refractivity contribution is 0.519. The summed E-state index contributed by atoms with van der Waals surface area (Å²) in [6.07, 6.45) is 6.67. The number of aryl methyl sites for hydroxylation is 2. The number of hydrogen-bond acceptors (Lipinski definition) is 2. The molecule has 0 fully saturated rings. The van der Waals surface area contributed by atoms with E-state index in [-0.39, 0.29) is 0 Å². The molecule has 1 aromatic rings. The lowest BCUT2D eigenvalue weighted by Crippen LogP contribution is -2.05. The molecule has 0 saturated heterocycles. The van der Waals surface area contributed by atoms with E-state index in [1.807, 2.05) is 10.9 Å². The highest BCUT2D eigenvalue weighted by atomic mass is 15.4. The maximum absolute atomic E-state index is 4.07. The van der Waals surface area contributed by atoms with Gasteiger partial charge in [-0.15, -0.1) is 5.10 Å². The van der Waals surface area contributed by atoms with Crippen LogP contribution in [0.5, 0.6) is 0 Å². The highest BCUT2D eigenvalue weighted by Gasteiger charge is 2.03. The summed E-state index contributed by atoms with van der Waals surface area (Å²) in [5.41, 5.74) is 1.28. The van der Waals surface area contributed by atoms with Gasteiger partial charge in [0.1, 0.15) is 0 Å². The maximum atomic E-state index is 4.07. The third-order valence-corrected chi connectivity index (χ3v) is 2.35. The first-order valence-electron chi connectivity index (χ1n) is 5.61. The van der Waals surface area contributed by atoms with Crippen molar-refractivity contribution in [3.8, 4) is 0 Å². The van der Waals surface area contributed by atoms with Gasteiger partial charge < -0.3 is 0 Å². The smallest absolute Gasteiger partial charge is 0.0725 e. The zero-order valence-electron chi connectivity index (χ0n) is 9.53. The van der Waals surface area contributed by atoms with Crippen molar-refractivity contribution in [2.45, 2.75) is 53.0 Å². The van der Waals surface area contributed by atoms with Crippen molar-refractivity contribution in [3.63, 3.8) is 0 Å². The third-order valence-electron chi connectivity index (χ3n) is 2.35. The molecule has 0 N–H and O–H groups in total. The molecule has 1 aromatic heterocycles. The second kappa shape index (κ2) is 5.78. The fourth-order valence-electron chi connectivity index (χ4n) is 1.56. The van der Waals surface area contributed by atoms with E-state index in [0.717, 1.165) is 25.3 Å². The lowest BCUT2D eigenvalue weighted by Gasteiger charge is -2.05. The molecule has 0 spiro atoms. The van der Waals surface area contributed by atoms with Gasteiger partial charge in [-0.2, -0.15) is 0 Å². The summed E-state index contributed by atoms with van der Waals surface area (Å²) in [7, 11) is 0. The Morgan fingerprint density at radius 2 is 2.21 bits per heavy atom. The van der Waals surface area contributed by atoms with Crippen LogP contribution in [0.1, 0.15) is 45.7 Å². The van der Waals surface area contributed by atoms with E-state index in [1.165, 1.54) is 18.5 Å². The van der Waals surface area contributed by atoms with Crippen LogP contribution in [0.15, 0.2) is 6.20 Å². The van der Waals surface area contributed by atoms with Crippen molar-refractivity contribution >= 4 is 0 Å². The molecule has 14 heavy (non-hydrogen) atoms. The minimum atomic E-state index is 0.797. The molecule has 3 heteroatoms. The zero-order valence-corrected chi connectivity index (χ0v) is 9.53. The van der Waals surface area contributed by atoms with Crippen molar-refractivity contribution in [3.05, 3.63) is 11.9 Å². The van der Waals surface area contributed by atoms with Crippen molar-refractivity contribution in [2.75, 3.05) is 0 Å². The first-order valence-corrected chi connectivity index (χ1v) is 5.61. The minimum Gasteiger partial charge on any atom is -0.249 e. The second-order valence-electron chi connectivity index (χ2n) is 4.23. The summed E-state index contributed by atoms with van der Waals surface area (Å²) < 4.78 is 2.03. The topological polar surface area (TPSA) is 30.7 Å². The summed E-state index contributed by atoms with van der Waals surface area (Å²) in [5.74, 6) is 0.797. The molecule has 0 radical (unpaired) electrons. The molecule has 0 amide bonds. The molecule has 0 aliphatic heterocycles. The van der Waals surface area contributed by atoms with E-state index < -0.39 is 0 Å². The molecule has 80 valence electrons. The highest BCUT2D eigenvalue weighted by molar-refractivity contribution is 4.93. The summed E-state index contributed by atoms with van der Waals surface area (Å²) in [6.45, 7) is 7.69. The quantitative estimate of drug-likeness (QED) is 0.698. The Hall–Kier alpha value is -0.860. The van der Waals surface area contributed by atoms with Crippen LogP contribution in [0.3, 0.4) is 0 Å². The monoisotopic (exact) mass is 195 g/mol. The van der Waals surface area contributed by atoms with Crippen LogP contribution in [0.25, 0.3) is 0 Å². The lowest BCUT2D eigenvalue weighted by atomic mass is 10.1.